The Morgan fingerprint density at radius 3 is 2.47 bits per heavy atom. The van der Waals surface area contributed by atoms with Crippen molar-refractivity contribution in [1.29, 1.82) is 0 Å². The van der Waals surface area contributed by atoms with E-state index in [0.29, 0.717) is 16.3 Å². The number of carbonyl (C=O) groups excluding carboxylic acids is 1. The molecule has 2 atom stereocenters. The summed E-state index contributed by atoms with van der Waals surface area (Å²) < 4.78 is 42.1. The third-order valence-electron chi connectivity index (χ3n) is 5.06. The number of benzene rings is 2. The van der Waals surface area contributed by atoms with Crippen LogP contribution in [0.4, 0.5) is 24.7 Å². The predicted molar refractivity (Wildman–Crippen MR) is 109 cm³/mol. The minimum absolute atomic E-state index is 0.0380. The van der Waals surface area contributed by atoms with Gasteiger partial charge in [-0.25, -0.2) is 4.68 Å². The monoisotopic (exact) mass is 434 g/mol. The fraction of sp³-hybridized carbons (Fsp3) is 0.238. The summed E-state index contributed by atoms with van der Waals surface area (Å²) in [6.45, 7) is 1.91. The van der Waals surface area contributed by atoms with Gasteiger partial charge in [0.25, 0.3) is 5.91 Å². The smallest absolute Gasteiger partial charge is 0.363 e. The van der Waals surface area contributed by atoms with Crippen LogP contribution in [0.25, 0.3) is 0 Å². The topological polar surface area (TPSA) is 59.0 Å². The number of rotatable bonds is 3. The van der Waals surface area contributed by atoms with E-state index in [1.807, 2.05) is 19.1 Å². The van der Waals surface area contributed by atoms with Crippen LogP contribution in [-0.2, 0) is 0 Å². The van der Waals surface area contributed by atoms with E-state index in [1.54, 1.807) is 36.4 Å². The maximum atomic E-state index is 13.8. The van der Waals surface area contributed by atoms with Crippen molar-refractivity contribution >= 4 is 29.0 Å². The van der Waals surface area contributed by atoms with Gasteiger partial charge in [-0.3, -0.25) is 4.79 Å². The lowest BCUT2D eigenvalue weighted by Crippen LogP contribution is -2.36. The molecule has 0 spiro atoms. The average molecular weight is 435 g/mol. The van der Waals surface area contributed by atoms with Crippen molar-refractivity contribution in [3.63, 3.8) is 0 Å². The van der Waals surface area contributed by atoms with Gasteiger partial charge in [0.2, 0.25) is 0 Å². The third kappa shape index (κ3) is 4.00. The first-order chi connectivity index (χ1) is 14.2. The first-order valence-electron chi connectivity index (χ1n) is 9.26. The van der Waals surface area contributed by atoms with Crippen molar-refractivity contribution in [2.75, 3.05) is 10.6 Å². The SMILES string of the molecule is Cc1ccc([C@H]2C[C@@H](C(F)(F)F)n3ncc(C(=O)Nc4ccc(Cl)cc4)c3N2)cc1. The Hall–Kier alpha value is -3.00. The molecule has 4 rings (SSSR count). The van der Waals surface area contributed by atoms with Crippen molar-refractivity contribution in [2.45, 2.75) is 31.6 Å². The number of carbonyl (C=O) groups is 1. The van der Waals surface area contributed by atoms with Crippen LogP contribution in [0.15, 0.2) is 54.7 Å². The largest absolute Gasteiger partial charge is 0.410 e. The highest BCUT2D eigenvalue weighted by molar-refractivity contribution is 6.30. The van der Waals surface area contributed by atoms with Crippen LogP contribution in [0.1, 0.15) is 40.0 Å². The minimum Gasteiger partial charge on any atom is -0.363 e. The van der Waals surface area contributed by atoms with Gasteiger partial charge in [0.1, 0.15) is 11.4 Å². The van der Waals surface area contributed by atoms with Gasteiger partial charge in [-0.15, -0.1) is 0 Å². The highest BCUT2D eigenvalue weighted by Crippen LogP contribution is 2.44. The van der Waals surface area contributed by atoms with Crippen LogP contribution in [0.2, 0.25) is 5.02 Å². The van der Waals surface area contributed by atoms with Crippen molar-refractivity contribution < 1.29 is 18.0 Å². The lowest BCUT2D eigenvalue weighted by atomic mass is 9.96. The van der Waals surface area contributed by atoms with E-state index in [1.165, 1.54) is 0 Å². The Kier molecular flexibility index (Phi) is 5.19. The van der Waals surface area contributed by atoms with E-state index in [9.17, 15) is 18.0 Å². The number of fused-ring (bicyclic) bond motifs is 1. The van der Waals surface area contributed by atoms with Gasteiger partial charge in [0.15, 0.2) is 6.04 Å². The molecule has 0 unspecified atom stereocenters. The molecule has 9 heteroatoms. The fourth-order valence-electron chi connectivity index (χ4n) is 3.48. The molecule has 1 aromatic heterocycles. The fourth-order valence-corrected chi connectivity index (χ4v) is 3.60. The highest BCUT2D eigenvalue weighted by Gasteiger charge is 2.47. The molecule has 2 aromatic carbocycles. The lowest BCUT2D eigenvalue weighted by Gasteiger charge is -2.34. The van der Waals surface area contributed by atoms with Crippen LogP contribution >= 0.6 is 11.6 Å². The Morgan fingerprint density at radius 1 is 1.17 bits per heavy atom. The lowest BCUT2D eigenvalue weighted by molar-refractivity contribution is -0.173. The first-order valence-corrected chi connectivity index (χ1v) is 9.64. The molecule has 0 aliphatic carbocycles. The average Bonchev–Trinajstić information content (AvgIpc) is 3.13. The third-order valence-corrected chi connectivity index (χ3v) is 5.32. The molecule has 0 bridgehead atoms. The summed E-state index contributed by atoms with van der Waals surface area (Å²) in [6.07, 6.45) is -3.57. The number of hydrogen-bond donors (Lipinski definition) is 2. The van der Waals surface area contributed by atoms with Crippen LogP contribution in [0.3, 0.4) is 0 Å². The molecular weight excluding hydrogens is 417 g/mol. The zero-order valence-corrected chi connectivity index (χ0v) is 16.6. The van der Waals surface area contributed by atoms with E-state index in [4.69, 9.17) is 11.6 Å². The summed E-state index contributed by atoms with van der Waals surface area (Å²) >= 11 is 5.84. The minimum atomic E-state index is -4.50. The maximum absolute atomic E-state index is 13.8. The molecule has 5 nitrogen and oxygen atoms in total. The highest BCUT2D eigenvalue weighted by atomic mass is 35.5. The van der Waals surface area contributed by atoms with Gasteiger partial charge in [-0.1, -0.05) is 41.4 Å². The van der Waals surface area contributed by atoms with Crippen LogP contribution in [0.5, 0.6) is 0 Å². The number of alkyl halides is 3. The molecule has 156 valence electrons. The number of hydrogen-bond acceptors (Lipinski definition) is 3. The van der Waals surface area contributed by atoms with E-state index in [-0.39, 0.29) is 17.8 Å². The van der Waals surface area contributed by atoms with Crippen molar-refractivity contribution in [1.82, 2.24) is 9.78 Å². The van der Waals surface area contributed by atoms with Gasteiger partial charge >= 0.3 is 6.18 Å². The van der Waals surface area contributed by atoms with E-state index < -0.39 is 24.2 Å². The van der Waals surface area contributed by atoms with Crippen LogP contribution in [-0.4, -0.2) is 21.9 Å². The maximum Gasteiger partial charge on any atom is 0.410 e. The summed E-state index contributed by atoms with van der Waals surface area (Å²) in [4.78, 5) is 12.8. The molecule has 1 amide bonds. The molecule has 0 saturated heterocycles. The van der Waals surface area contributed by atoms with Crippen LogP contribution in [0, 0.1) is 6.92 Å². The normalized spacial score (nSPS) is 18.4. The van der Waals surface area contributed by atoms with Gasteiger partial charge < -0.3 is 10.6 Å². The van der Waals surface area contributed by atoms with Gasteiger partial charge in [-0.05, 0) is 36.8 Å². The Labute approximate surface area is 175 Å². The summed E-state index contributed by atoms with van der Waals surface area (Å²) in [7, 11) is 0. The Bertz CT molecular complexity index is 1060. The van der Waals surface area contributed by atoms with E-state index in [0.717, 1.165) is 16.4 Å². The standard InChI is InChI=1S/C21H18ClF3N4O/c1-12-2-4-13(5-3-12)17-10-18(21(23,24)25)29-19(28-17)16(11-26-29)20(30)27-15-8-6-14(22)7-9-15/h2-9,11,17-18,28H,10H2,1H3,(H,27,30)/t17-,18+/m1/s1. The molecule has 30 heavy (non-hydrogen) atoms. The summed E-state index contributed by atoms with van der Waals surface area (Å²) in [5.74, 6) is -0.517. The second kappa shape index (κ2) is 7.68. The molecular formula is C21H18ClF3N4O. The quantitative estimate of drug-likeness (QED) is 0.551. The van der Waals surface area contributed by atoms with E-state index in [2.05, 4.69) is 15.7 Å². The van der Waals surface area contributed by atoms with Crippen molar-refractivity contribution in [2.24, 2.45) is 0 Å². The summed E-state index contributed by atoms with van der Waals surface area (Å²) in [5, 5.41) is 10.1. The van der Waals surface area contributed by atoms with E-state index >= 15 is 0 Å². The number of aryl methyl sites for hydroxylation is 1. The predicted octanol–water partition coefficient (Wildman–Crippen LogP) is 5.76. The van der Waals surface area contributed by atoms with Gasteiger partial charge in [0.05, 0.1) is 12.2 Å². The summed E-state index contributed by atoms with van der Waals surface area (Å²) in [5.41, 5.74) is 2.24. The molecule has 1 aliphatic heterocycles. The number of aromatic nitrogens is 2. The second-order valence-electron chi connectivity index (χ2n) is 7.21. The molecule has 0 fully saturated rings. The number of amides is 1. The van der Waals surface area contributed by atoms with Gasteiger partial charge in [-0.2, -0.15) is 18.3 Å². The number of nitrogens with zero attached hydrogens (tertiary/aromatic N) is 2. The van der Waals surface area contributed by atoms with Crippen molar-refractivity contribution in [3.8, 4) is 0 Å². The molecule has 0 radical (unpaired) electrons. The second-order valence-corrected chi connectivity index (χ2v) is 7.65. The molecule has 0 saturated carbocycles. The zero-order chi connectivity index (χ0) is 21.5. The van der Waals surface area contributed by atoms with Crippen molar-refractivity contribution in [3.05, 3.63) is 76.4 Å². The number of nitrogens with one attached hydrogen (secondary N) is 2. The Balaban J connectivity index is 1.68. The molecule has 3 aromatic rings. The zero-order valence-electron chi connectivity index (χ0n) is 15.9. The first kappa shape index (κ1) is 20.3. The Morgan fingerprint density at radius 2 is 1.83 bits per heavy atom. The number of halogens is 4. The van der Waals surface area contributed by atoms with Gasteiger partial charge in [0, 0.05) is 17.1 Å². The number of anilines is 2. The molecule has 2 heterocycles. The molecule has 1 aliphatic rings. The summed E-state index contributed by atoms with van der Waals surface area (Å²) in [6, 6.07) is 11.3. The molecule has 2 N–H and O–H groups in total. The van der Waals surface area contributed by atoms with Crippen LogP contribution < -0.4 is 10.6 Å².